The van der Waals surface area contributed by atoms with Gasteiger partial charge in [-0.1, -0.05) is 30.3 Å². The summed E-state index contributed by atoms with van der Waals surface area (Å²) in [5.41, 5.74) is 3.07. The van der Waals surface area contributed by atoms with Crippen LogP contribution in [-0.2, 0) is 0 Å². The van der Waals surface area contributed by atoms with Crippen molar-refractivity contribution < 1.29 is 9.53 Å². The molecule has 1 aliphatic heterocycles. The van der Waals surface area contributed by atoms with Gasteiger partial charge in [-0.2, -0.15) is 5.10 Å². The maximum atomic E-state index is 13.4. The van der Waals surface area contributed by atoms with Crippen LogP contribution in [0.2, 0.25) is 0 Å². The van der Waals surface area contributed by atoms with Gasteiger partial charge in [-0.25, -0.2) is 4.68 Å². The van der Waals surface area contributed by atoms with Crippen molar-refractivity contribution in [2.45, 2.75) is 6.42 Å². The highest BCUT2D eigenvalue weighted by molar-refractivity contribution is 6.00. The molecule has 1 fully saturated rings. The fraction of sp³-hybridized carbons (Fsp3) is 0.273. The molecule has 0 saturated carbocycles. The van der Waals surface area contributed by atoms with Crippen LogP contribution in [0.25, 0.3) is 16.9 Å². The topological polar surface area (TPSA) is 59.4 Å². The van der Waals surface area contributed by atoms with E-state index >= 15 is 0 Å². The SMILES string of the molecule is COc1cccc(-c2nn(-c3ccccc3)cc2C(=O)N2CCCNCC2)c1. The molecule has 0 radical (unpaired) electrons. The summed E-state index contributed by atoms with van der Waals surface area (Å²) < 4.78 is 7.14. The molecule has 2 heterocycles. The molecule has 1 N–H and O–H groups in total. The molecule has 0 bridgehead atoms. The van der Waals surface area contributed by atoms with Crippen LogP contribution in [0.1, 0.15) is 16.8 Å². The zero-order valence-electron chi connectivity index (χ0n) is 16.0. The fourth-order valence-corrected chi connectivity index (χ4v) is 3.45. The van der Waals surface area contributed by atoms with Crippen molar-refractivity contribution in [3.8, 4) is 22.7 Å². The van der Waals surface area contributed by atoms with Crippen LogP contribution in [-0.4, -0.2) is 53.9 Å². The second kappa shape index (κ2) is 8.27. The lowest BCUT2D eigenvalue weighted by Crippen LogP contribution is -2.34. The lowest BCUT2D eigenvalue weighted by Gasteiger charge is -2.19. The number of methoxy groups -OCH3 is 1. The van der Waals surface area contributed by atoms with E-state index in [1.807, 2.05) is 65.7 Å². The lowest BCUT2D eigenvalue weighted by atomic mass is 10.1. The minimum absolute atomic E-state index is 0.0173. The van der Waals surface area contributed by atoms with Gasteiger partial charge in [0.15, 0.2) is 0 Å². The quantitative estimate of drug-likeness (QED) is 0.761. The molecule has 3 aromatic rings. The molecule has 0 unspecified atom stereocenters. The third-order valence-electron chi connectivity index (χ3n) is 4.94. The van der Waals surface area contributed by atoms with Gasteiger partial charge in [0.05, 0.1) is 18.4 Å². The Hall–Kier alpha value is -3.12. The number of hydrogen-bond acceptors (Lipinski definition) is 4. The highest BCUT2D eigenvalue weighted by Gasteiger charge is 2.24. The third kappa shape index (κ3) is 3.77. The average Bonchev–Trinajstić information content (AvgIpc) is 3.02. The summed E-state index contributed by atoms with van der Waals surface area (Å²) in [5.74, 6) is 0.757. The van der Waals surface area contributed by atoms with E-state index in [1.54, 1.807) is 11.8 Å². The lowest BCUT2D eigenvalue weighted by molar-refractivity contribution is 0.0767. The Morgan fingerprint density at radius 2 is 1.93 bits per heavy atom. The Balaban J connectivity index is 1.78. The van der Waals surface area contributed by atoms with Crippen LogP contribution in [0.3, 0.4) is 0 Å². The first-order valence-corrected chi connectivity index (χ1v) is 9.56. The number of nitrogens with zero attached hydrogens (tertiary/aromatic N) is 3. The van der Waals surface area contributed by atoms with Gasteiger partial charge in [-0.15, -0.1) is 0 Å². The number of nitrogens with one attached hydrogen (secondary N) is 1. The first-order valence-electron chi connectivity index (χ1n) is 9.56. The van der Waals surface area contributed by atoms with E-state index in [0.29, 0.717) is 17.8 Å². The second-order valence-corrected chi connectivity index (χ2v) is 6.80. The van der Waals surface area contributed by atoms with Gasteiger partial charge >= 0.3 is 0 Å². The number of benzene rings is 2. The number of amides is 1. The molecule has 0 aliphatic carbocycles. The highest BCUT2D eigenvalue weighted by atomic mass is 16.5. The number of rotatable bonds is 4. The standard InChI is InChI=1S/C22H24N4O2/c1-28-19-10-5-7-17(15-19)21-20(22(27)25-13-6-11-23-12-14-25)16-26(24-21)18-8-3-2-4-9-18/h2-5,7-10,15-16,23H,6,11-14H2,1H3. The van der Waals surface area contributed by atoms with Crippen LogP contribution < -0.4 is 10.1 Å². The van der Waals surface area contributed by atoms with Crippen LogP contribution in [0, 0.1) is 0 Å². The number of carbonyl (C=O) groups is 1. The van der Waals surface area contributed by atoms with Crippen molar-refractivity contribution >= 4 is 5.91 Å². The molecule has 144 valence electrons. The van der Waals surface area contributed by atoms with Crippen molar-refractivity contribution in [1.29, 1.82) is 0 Å². The van der Waals surface area contributed by atoms with E-state index in [2.05, 4.69) is 5.32 Å². The first kappa shape index (κ1) is 18.3. The Labute approximate surface area is 164 Å². The molecular weight excluding hydrogens is 352 g/mol. The maximum Gasteiger partial charge on any atom is 0.257 e. The van der Waals surface area contributed by atoms with Gasteiger partial charge in [0, 0.05) is 31.4 Å². The molecule has 0 spiro atoms. The summed E-state index contributed by atoms with van der Waals surface area (Å²) in [6.07, 6.45) is 2.79. The Bertz CT molecular complexity index is 944. The summed E-state index contributed by atoms with van der Waals surface area (Å²) in [6.45, 7) is 3.20. The predicted octanol–water partition coefficient (Wildman–Crippen LogP) is 2.98. The predicted molar refractivity (Wildman–Crippen MR) is 109 cm³/mol. The van der Waals surface area contributed by atoms with Crippen molar-refractivity contribution in [2.75, 3.05) is 33.3 Å². The number of carbonyl (C=O) groups excluding carboxylic acids is 1. The Morgan fingerprint density at radius 3 is 2.75 bits per heavy atom. The van der Waals surface area contributed by atoms with Crippen LogP contribution >= 0.6 is 0 Å². The van der Waals surface area contributed by atoms with Crippen LogP contribution in [0.5, 0.6) is 5.75 Å². The molecule has 6 nitrogen and oxygen atoms in total. The van der Waals surface area contributed by atoms with E-state index in [4.69, 9.17) is 9.84 Å². The smallest absolute Gasteiger partial charge is 0.257 e. The maximum absolute atomic E-state index is 13.4. The minimum atomic E-state index is 0.0173. The van der Waals surface area contributed by atoms with Gasteiger partial charge in [0.1, 0.15) is 11.4 Å². The average molecular weight is 376 g/mol. The molecule has 0 atom stereocenters. The van der Waals surface area contributed by atoms with Gasteiger partial charge in [0.2, 0.25) is 0 Å². The van der Waals surface area contributed by atoms with Crippen molar-refractivity contribution in [3.63, 3.8) is 0 Å². The first-order chi connectivity index (χ1) is 13.8. The normalized spacial score (nSPS) is 14.5. The molecule has 6 heteroatoms. The second-order valence-electron chi connectivity index (χ2n) is 6.80. The molecule has 1 amide bonds. The summed E-state index contributed by atoms with van der Waals surface area (Å²) in [5, 5.41) is 8.11. The molecule has 1 saturated heterocycles. The minimum Gasteiger partial charge on any atom is -0.497 e. The van der Waals surface area contributed by atoms with Gasteiger partial charge in [0.25, 0.3) is 5.91 Å². The van der Waals surface area contributed by atoms with Crippen molar-refractivity contribution in [2.24, 2.45) is 0 Å². The number of para-hydroxylation sites is 1. The van der Waals surface area contributed by atoms with E-state index < -0.39 is 0 Å². The molecule has 4 rings (SSSR count). The molecule has 1 aliphatic rings. The zero-order valence-corrected chi connectivity index (χ0v) is 16.0. The van der Waals surface area contributed by atoms with Gasteiger partial charge in [-0.3, -0.25) is 4.79 Å². The molecule has 2 aromatic carbocycles. The number of aromatic nitrogens is 2. The van der Waals surface area contributed by atoms with E-state index in [9.17, 15) is 4.79 Å². The molecule has 28 heavy (non-hydrogen) atoms. The molecule has 1 aromatic heterocycles. The van der Waals surface area contributed by atoms with Crippen molar-refractivity contribution in [1.82, 2.24) is 20.0 Å². The summed E-state index contributed by atoms with van der Waals surface area (Å²) in [4.78, 5) is 15.3. The number of ether oxygens (including phenoxy) is 1. The summed E-state index contributed by atoms with van der Waals surface area (Å²) in [6, 6.07) is 17.5. The van der Waals surface area contributed by atoms with Crippen molar-refractivity contribution in [3.05, 3.63) is 66.4 Å². The summed E-state index contributed by atoms with van der Waals surface area (Å²) >= 11 is 0. The highest BCUT2D eigenvalue weighted by Crippen LogP contribution is 2.28. The molecular formula is C22H24N4O2. The van der Waals surface area contributed by atoms with E-state index in [0.717, 1.165) is 43.1 Å². The third-order valence-corrected chi connectivity index (χ3v) is 4.94. The fourth-order valence-electron chi connectivity index (χ4n) is 3.45. The summed E-state index contributed by atoms with van der Waals surface area (Å²) in [7, 11) is 1.64. The van der Waals surface area contributed by atoms with Crippen LogP contribution in [0.15, 0.2) is 60.8 Å². The Kier molecular flexibility index (Phi) is 5.39. The van der Waals surface area contributed by atoms with Gasteiger partial charge in [-0.05, 0) is 37.2 Å². The largest absolute Gasteiger partial charge is 0.497 e. The van der Waals surface area contributed by atoms with E-state index in [1.165, 1.54) is 0 Å². The number of hydrogen-bond donors (Lipinski definition) is 1. The van der Waals surface area contributed by atoms with Gasteiger partial charge < -0.3 is 15.0 Å². The Morgan fingerprint density at radius 1 is 1.07 bits per heavy atom. The van der Waals surface area contributed by atoms with E-state index in [-0.39, 0.29) is 5.91 Å². The van der Waals surface area contributed by atoms with Crippen LogP contribution in [0.4, 0.5) is 0 Å². The zero-order chi connectivity index (χ0) is 19.3. The monoisotopic (exact) mass is 376 g/mol.